The Morgan fingerprint density at radius 2 is 1.94 bits per heavy atom. The van der Waals surface area contributed by atoms with E-state index in [9.17, 15) is 0 Å². The second kappa shape index (κ2) is 12.6. The van der Waals surface area contributed by atoms with Crippen LogP contribution in [-0.4, -0.2) is 45.8 Å². The molecule has 2 N–H and O–H groups in total. The van der Waals surface area contributed by atoms with E-state index in [0.29, 0.717) is 13.1 Å². The van der Waals surface area contributed by atoms with E-state index in [0.717, 1.165) is 42.1 Å². The highest BCUT2D eigenvalue weighted by Crippen LogP contribution is 2.11. The monoisotopic (exact) mass is 554 g/mol. The summed E-state index contributed by atoms with van der Waals surface area (Å²) in [7, 11) is 4.07. The van der Waals surface area contributed by atoms with Crippen molar-refractivity contribution in [3.05, 3.63) is 58.1 Å². The molecule has 0 aliphatic heterocycles. The van der Waals surface area contributed by atoms with Gasteiger partial charge in [-0.25, -0.2) is 9.98 Å². The van der Waals surface area contributed by atoms with Crippen molar-refractivity contribution in [3.8, 4) is 0 Å². The molecule has 0 spiro atoms. The van der Waals surface area contributed by atoms with E-state index in [1.165, 1.54) is 10.6 Å². The molecule has 0 aliphatic carbocycles. The normalized spacial score (nSPS) is 11.2. The lowest BCUT2D eigenvalue weighted by Gasteiger charge is -2.19. The van der Waals surface area contributed by atoms with Gasteiger partial charge in [0.2, 0.25) is 0 Å². The van der Waals surface area contributed by atoms with E-state index < -0.39 is 0 Å². The molecule has 168 valence electrons. The number of thiazole rings is 1. The highest BCUT2D eigenvalue weighted by atomic mass is 127. The topological polar surface area (TPSA) is 83.3 Å². The molecule has 0 fully saturated rings. The van der Waals surface area contributed by atoms with Crippen molar-refractivity contribution in [2.45, 2.75) is 33.4 Å². The third-order valence-corrected chi connectivity index (χ3v) is 5.71. The first kappa shape index (κ1) is 25.1. The highest BCUT2D eigenvalue weighted by Gasteiger charge is 2.07. The second-order valence-electron chi connectivity index (χ2n) is 7.14. The zero-order valence-corrected chi connectivity index (χ0v) is 21.6. The molecule has 0 radical (unpaired) electrons. The number of nitrogens with one attached hydrogen (secondary N) is 2. The molecule has 0 unspecified atom stereocenters. The van der Waals surface area contributed by atoms with E-state index in [1.54, 1.807) is 11.3 Å². The SMILES string of the molecule is Cc1cnc(CNC(=NCc2nnc(C)n2C)NCCCN(C)c2ccccc2)s1.I. The number of nitrogens with zero attached hydrogens (tertiary/aromatic N) is 6. The first-order valence-corrected chi connectivity index (χ1v) is 10.9. The Morgan fingerprint density at radius 3 is 2.58 bits per heavy atom. The molecular formula is C21H31IN8S. The van der Waals surface area contributed by atoms with Gasteiger partial charge in [0.15, 0.2) is 11.8 Å². The van der Waals surface area contributed by atoms with Crippen molar-refractivity contribution in [1.82, 2.24) is 30.4 Å². The van der Waals surface area contributed by atoms with Crippen LogP contribution in [0.25, 0.3) is 0 Å². The minimum Gasteiger partial charge on any atom is -0.375 e. The van der Waals surface area contributed by atoms with Gasteiger partial charge in [-0.15, -0.1) is 45.5 Å². The third kappa shape index (κ3) is 7.76. The summed E-state index contributed by atoms with van der Waals surface area (Å²) in [6.07, 6.45) is 2.89. The Balaban J connectivity index is 0.00000341. The Morgan fingerprint density at radius 1 is 1.16 bits per heavy atom. The maximum Gasteiger partial charge on any atom is 0.192 e. The fourth-order valence-electron chi connectivity index (χ4n) is 2.89. The van der Waals surface area contributed by atoms with Gasteiger partial charge < -0.3 is 20.1 Å². The van der Waals surface area contributed by atoms with Crippen LogP contribution in [0.4, 0.5) is 5.69 Å². The van der Waals surface area contributed by atoms with Gasteiger partial charge in [0.05, 0.1) is 6.54 Å². The van der Waals surface area contributed by atoms with E-state index in [-0.39, 0.29) is 24.0 Å². The Labute approximate surface area is 205 Å². The molecule has 0 saturated heterocycles. The number of hydrogen-bond donors (Lipinski definition) is 2. The standard InChI is InChI=1S/C21H30N8S.HI/c1-16-13-23-20(30-16)15-25-21(24-14-19-27-26-17(2)29(19)4)22-11-8-12-28(3)18-9-6-5-7-10-18;/h5-7,9-10,13H,8,11-12,14-15H2,1-4H3,(H2,22,24,25);1H. The van der Waals surface area contributed by atoms with Crippen molar-refractivity contribution in [2.24, 2.45) is 12.0 Å². The molecule has 3 rings (SSSR count). The van der Waals surface area contributed by atoms with E-state index >= 15 is 0 Å². The Kier molecular flexibility index (Phi) is 10.2. The van der Waals surface area contributed by atoms with Gasteiger partial charge in [0, 0.05) is 43.9 Å². The Hall–Kier alpha value is -2.21. The summed E-state index contributed by atoms with van der Waals surface area (Å²) < 4.78 is 1.96. The van der Waals surface area contributed by atoms with Gasteiger partial charge in [0.1, 0.15) is 17.4 Å². The number of guanidine groups is 1. The van der Waals surface area contributed by atoms with E-state index in [1.807, 2.05) is 30.8 Å². The van der Waals surface area contributed by atoms with Crippen molar-refractivity contribution < 1.29 is 0 Å². The van der Waals surface area contributed by atoms with Gasteiger partial charge in [0.25, 0.3) is 0 Å². The molecule has 2 aromatic heterocycles. The van der Waals surface area contributed by atoms with Crippen LogP contribution in [0.3, 0.4) is 0 Å². The molecule has 2 heterocycles. The molecule has 0 atom stereocenters. The number of aliphatic imine (C=N–C) groups is 1. The van der Waals surface area contributed by atoms with Crippen LogP contribution in [0, 0.1) is 13.8 Å². The highest BCUT2D eigenvalue weighted by molar-refractivity contribution is 14.0. The molecular weight excluding hydrogens is 523 g/mol. The first-order valence-electron chi connectivity index (χ1n) is 10.1. The van der Waals surface area contributed by atoms with Gasteiger partial charge in [-0.05, 0) is 32.4 Å². The van der Waals surface area contributed by atoms with Crippen LogP contribution in [0.15, 0.2) is 41.5 Å². The average Bonchev–Trinajstić information content (AvgIpc) is 3.32. The van der Waals surface area contributed by atoms with Gasteiger partial charge in [-0.2, -0.15) is 0 Å². The largest absolute Gasteiger partial charge is 0.375 e. The molecule has 0 amide bonds. The molecule has 8 nitrogen and oxygen atoms in total. The van der Waals surface area contributed by atoms with Gasteiger partial charge in [-0.3, -0.25) is 0 Å². The summed E-state index contributed by atoms with van der Waals surface area (Å²) in [6.45, 7) is 6.88. The number of hydrogen-bond acceptors (Lipinski definition) is 6. The number of halogens is 1. The Bertz CT molecular complexity index is 953. The van der Waals surface area contributed by atoms with Crippen LogP contribution < -0.4 is 15.5 Å². The summed E-state index contributed by atoms with van der Waals surface area (Å²) in [6, 6.07) is 10.4. The number of benzene rings is 1. The number of anilines is 1. The van der Waals surface area contributed by atoms with Crippen LogP contribution in [0.2, 0.25) is 0 Å². The fraction of sp³-hybridized carbons (Fsp3) is 0.429. The number of para-hydroxylation sites is 1. The predicted octanol–water partition coefficient (Wildman–Crippen LogP) is 3.27. The summed E-state index contributed by atoms with van der Waals surface area (Å²) >= 11 is 1.69. The zero-order chi connectivity index (χ0) is 21.3. The maximum atomic E-state index is 4.70. The molecule has 1 aromatic carbocycles. The maximum absolute atomic E-state index is 4.70. The lowest BCUT2D eigenvalue weighted by Crippen LogP contribution is -2.38. The van der Waals surface area contributed by atoms with Crippen LogP contribution in [0.5, 0.6) is 0 Å². The van der Waals surface area contributed by atoms with Crippen LogP contribution in [0.1, 0.15) is 28.0 Å². The minimum atomic E-state index is 0. The van der Waals surface area contributed by atoms with Crippen molar-refractivity contribution in [3.63, 3.8) is 0 Å². The number of aromatic nitrogens is 4. The average molecular weight is 555 g/mol. The van der Waals surface area contributed by atoms with E-state index in [4.69, 9.17) is 4.99 Å². The van der Waals surface area contributed by atoms with Crippen molar-refractivity contribution >= 4 is 47.0 Å². The summed E-state index contributed by atoms with van der Waals surface area (Å²) in [4.78, 5) is 12.6. The van der Waals surface area contributed by atoms with Gasteiger partial charge >= 0.3 is 0 Å². The van der Waals surface area contributed by atoms with Crippen LogP contribution in [-0.2, 0) is 20.1 Å². The molecule has 0 aliphatic rings. The van der Waals surface area contributed by atoms with Crippen molar-refractivity contribution in [1.29, 1.82) is 0 Å². The van der Waals surface area contributed by atoms with Crippen molar-refractivity contribution in [2.75, 3.05) is 25.0 Å². The lowest BCUT2D eigenvalue weighted by atomic mass is 10.3. The first-order chi connectivity index (χ1) is 14.5. The quantitative estimate of drug-likeness (QED) is 0.183. The number of rotatable bonds is 9. The second-order valence-corrected chi connectivity index (χ2v) is 8.46. The number of aryl methyl sites for hydroxylation is 2. The van der Waals surface area contributed by atoms with Crippen LogP contribution >= 0.6 is 35.3 Å². The molecule has 0 bridgehead atoms. The molecule has 3 aromatic rings. The summed E-state index contributed by atoms with van der Waals surface area (Å²) in [5, 5.41) is 16.2. The van der Waals surface area contributed by atoms with E-state index in [2.05, 4.69) is 69.0 Å². The summed E-state index contributed by atoms with van der Waals surface area (Å²) in [5.74, 6) is 2.47. The minimum absolute atomic E-state index is 0. The van der Waals surface area contributed by atoms with Gasteiger partial charge in [-0.1, -0.05) is 18.2 Å². The molecule has 0 saturated carbocycles. The summed E-state index contributed by atoms with van der Waals surface area (Å²) in [5.41, 5.74) is 1.22. The fourth-order valence-corrected chi connectivity index (χ4v) is 3.62. The lowest BCUT2D eigenvalue weighted by molar-refractivity contribution is 0.716. The predicted molar refractivity (Wildman–Crippen MR) is 138 cm³/mol. The molecule has 31 heavy (non-hydrogen) atoms. The zero-order valence-electron chi connectivity index (χ0n) is 18.5. The third-order valence-electron chi connectivity index (χ3n) is 4.80. The smallest absolute Gasteiger partial charge is 0.192 e. The molecule has 10 heteroatoms.